The minimum Gasteiger partial charge on any atom is -0.497 e. The number of sulfonamides is 1. The average Bonchev–Trinajstić information content (AvgIpc) is 2.45. The number of ether oxygens (including phenoxy) is 1. The summed E-state index contributed by atoms with van der Waals surface area (Å²) in [6.07, 6.45) is 0. The highest BCUT2D eigenvalue weighted by Crippen LogP contribution is 2.25. The van der Waals surface area contributed by atoms with Gasteiger partial charge in [0.05, 0.1) is 12.0 Å². The standard InChI is InChI=1S/C16H18N2O3S/c1-21-15-6-3-7-16(9-15)22(19,20)18-14-5-2-4-12(8-14)13-10-17-11-13/h2-9,13,17-18H,10-11H2,1H3. The molecule has 2 N–H and O–H groups in total. The summed E-state index contributed by atoms with van der Waals surface area (Å²) in [6.45, 7) is 1.87. The second-order valence-corrected chi connectivity index (χ2v) is 6.95. The van der Waals surface area contributed by atoms with Gasteiger partial charge in [0.2, 0.25) is 0 Å². The van der Waals surface area contributed by atoms with Crippen LogP contribution in [0.2, 0.25) is 0 Å². The molecule has 3 rings (SSSR count). The number of rotatable bonds is 5. The Morgan fingerprint density at radius 1 is 1.14 bits per heavy atom. The van der Waals surface area contributed by atoms with E-state index >= 15 is 0 Å². The van der Waals surface area contributed by atoms with E-state index in [4.69, 9.17) is 4.74 Å². The summed E-state index contributed by atoms with van der Waals surface area (Å²) in [5, 5.41) is 3.21. The van der Waals surface area contributed by atoms with Crippen LogP contribution in [-0.4, -0.2) is 28.6 Å². The average molecular weight is 318 g/mol. The summed E-state index contributed by atoms with van der Waals surface area (Å²) in [5.41, 5.74) is 1.72. The minimum atomic E-state index is -3.62. The Kier molecular flexibility index (Phi) is 4.04. The first-order chi connectivity index (χ1) is 10.6. The number of methoxy groups -OCH3 is 1. The van der Waals surface area contributed by atoms with Crippen molar-refractivity contribution in [2.75, 3.05) is 24.9 Å². The lowest BCUT2D eigenvalue weighted by atomic mass is 9.94. The molecule has 1 aliphatic heterocycles. The zero-order valence-corrected chi connectivity index (χ0v) is 13.1. The molecule has 0 amide bonds. The fourth-order valence-corrected chi connectivity index (χ4v) is 3.45. The van der Waals surface area contributed by atoms with Gasteiger partial charge in [0.15, 0.2) is 0 Å². The predicted octanol–water partition coefficient (Wildman–Crippen LogP) is 2.18. The van der Waals surface area contributed by atoms with Gasteiger partial charge in [0.25, 0.3) is 10.0 Å². The van der Waals surface area contributed by atoms with Gasteiger partial charge < -0.3 is 10.1 Å². The molecule has 22 heavy (non-hydrogen) atoms. The van der Waals surface area contributed by atoms with Crippen LogP contribution in [0.1, 0.15) is 11.5 Å². The Morgan fingerprint density at radius 3 is 2.59 bits per heavy atom. The Labute approximate surface area is 130 Å². The molecule has 116 valence electrons. The van der Waals surface area contributed by atoms with E-state index < -0.39 is 10.0 Å². The second-order valence-electron chi connectivity index (χ2n) is 5.27. The molecule has 1 fully saturated rings. The van der Waals surface area contributed by atoms with E-state index in [1.54, 1.807) is 24.3 Å². The van der Waals surface area contributed by atoms with Crippen molar-refractivity contribution < 1.29 is 13.2 Å². The lowest BCUT2D eigenvalue weighted by Crippen LogP contribution is -2.39. The highest BCUT2D eigenvalue weighted by Gasteiger charge is 2.20. The topological polar surface area (TPSA) is 67.4 Å². The maximum absolute atomic E-state index is 12.5. The van der Waals surface area contributed by atoms with Crippen LogP contribution < -0.4 is 14.8 Å². The SMILES string of the molecule is COc1cccc(S(=O)(=O)Nc2cccc(C3CNC3)c2)c1. The van der Waals surface area contributed by atoms with Gasteiger partial charge in [-0.3, -0.25) is 4.72 Å². The molecule has 2 aromatic carbocycles. The van der Waals surface area contributed by atoms with E-state index in [0.717, 1.165) is 18.7 Å². The summed E-state index contributed by atoms with van der Waals surface area (Å²) < 4.78 is 32.6. The Bertz CT molecular complexity index is 770. The Balaban J connectivity index is 1.84. The number of hydrogen-bond donors (Lipinski definition) is 2. The van der Waals surface area contributed by atoms with Crippen LogP contribution in [0.5, 0.6) is 5.75 Å². The van der Waals surface area contributed by atoms with Crippen molar-refractivity contribution in [2.24, 2.45) is 0 Å². The summed E-state index contributed by atoms with van der Waals surface area (Å²) in [5.74, 6) is 0.971. The van der Waals surface area contributed by atoms with Crippen molar-refractivity contribution in [1.82, 2.24) is 5.32 Å². The van der Waals surface area contributed by atoms with E-state index in [1.165, 1.54) is 13.2 Å². The maximum Gasteiger partial charge on any atom is 0.262 e. The first-order valence-corrected chi connectivity index (χ1v) is 8.54. The molecule has 5 nitrogen and oxygen atoms in total. The third-order valence-electron chi connectivity index (χ3n) is 3.74. The molecule has 0 unspecified atom stereocenters. The Morgan fingerprint density at radius 2 is 1.91 bits per heavy atom. The fourth-order valence-electron chi connectivity index (χ4n) is 2.36. The van der Waals surface area contributed by atoms with Crippen LogP contribution >= 0.6 is 0 Å². The molecule has 1 aliphatic rings. The fraction of sp³-hybridized carbons (Fsp3) is 0.250. The van der Waals surface area contributed by atoms with E-state index in [-0.39, 0.29) is 4.90 Å². The van der Waals surface area contributed by atoms with Crippen molar-refractivity contribution >= 4 is 15.7 Å². The van der Waals surface area contributed by atoms with Crippen molar-refractivity contribution in [3.05, 3.63) is 54.1 Å². The quantitative estimate of drug-likeness (QED) is 0.887. The van der Waals surface area contributed by atoms with Gasteiger partial charge in [-0.2, -0.15) is 0 Å². The number of anilines is 1. The zero-order chi connectivity index (χ0) is 15.6. The molecule has 1 heterocycles. The van der Waals surface area contributed by atoms with Crippen LogP contribution in [0, 0.1) is 0 Å². The number of benzene rings is 2. The van der Waals surface area contributed by atoms with Crippen LogP contribution in [0.3, 0.4) is 0 Å². The monoisotopic (exact) mass is 318 g/mol. The van der Waals surface area contributed by atoms with Gasteiger partial charge in [0, 0.05) is 30.8 Å². The molecule has 0 saturated carbocycles. The molecule has 0 bridgehead atoms. The second kappa shape index (κ2) is 5.98. The molecule has 0 spiro atoms. The Hall–Kier alpha value is -2.05. The molecule has 2 aromatic rings. The molecule has 0 aliphatic carbocycles. The van der Waals surface area contributed by atoms with Gasteiger partial charge in [-0.1, -0.05) is 18.2 Å². The van der Waals surface area contributed by atoms with Crippen LogP contribution in [0.4, 0.5) is 5.69 Å². The van der Waals surface area contributed by atoms with E-state index in [9.17, 15) is 8.42 Å². The normalized spacial score (nSPS) is 15.1. The van der Waals surface area contributed by atoms with Gasteiger partial charge in [-0.25, -0.2) is 8.42 Å². The van der Waals surface area contributed by atoms with Gasteiger partial charge in [-0.05, 0) is 29.8 Å². The van der Waals surface area contributed by atoms with Crippen LogP contribution in [-0.2, 0) is 10.0 Å². The van der Waals surface area contributed by atoms with Crippen molar-refractivity contribution in [1.29, 1.82) is 0 Å². The highest BCUT2D eigenvalue weighted by molar-refractivity contribution is 7.92. The van der Waals surface area contributed by atoms with Crippen molar-refractivity contribution in [3.63, 3.8) is 0 Å². The summed E-state index contributed by atoms with van der Waals surface area (Å²) in [7, 11) is -2.11. The predicted molar refractivity (Wildman–Crippen MR) is 85.9 cm³/mol. The lowest BCUT2D eigenvalue weighted by molar-refractivity contribution is 0.413. The number of nitrogens with one attached hydrogen (secondary N) is 2. The molecule has 0 aromatic heterocycles. The van der Waals surface area contributed by atoms with E-state index in [0.29, 0.717) is 17.4 Å². The first kappa shape index (κ1) is 14.9. The summed E-state index contributed by atoms with van der Waals surface area (Å²) in [4.78, 5) is 0.183. The van der Waals surface area contributed by atoms with E-state index in [1.807, 2.05) is 18.2 Å². The molecule has 6 heteroatoms. The first-order valence-electron chi connectivity index (χ1n) is 7.06. The highest BCUT2D eigenvalue weighted by atomic mass is 32.2. The smallest absolute Gasteiger partial charge is 0.262 e. The third kappa shape index (κ3) is 3.08. The van der Waals surface area contributed by atoms with Crippen molar-refractivity contribution in [3.8, 4) is 5.75 Å². The summed E-state index contributed by atoms with van der Waals surface area (Å²) >= 11 is 0. The summed E-state index contributed by atoms with van der Waals surface area (Å²) in [6, 6.07) is 14.0. The van der Waals surface area contributed by atoms with E-state index in [2.05, 4.69) is 10.0 Å². The van der Waals surface area contributed by atoms with Crippen LogP contribution in [0.25, 0.3) is 0 Å². The molecular weight excluding hydrogens is 300 g/mol. The van der Waals surface area contributed by atoms with Crippen LogP contribution in [0.15, 0.2) is 53.4 Å². The zero-order valence-electron chi connectivity index (χ0n) is 12.2. The van der Waals surface area contributed by atoms with Gasteiger partial charge in [0.1, 0.15) is 5.75 Å². The number of hydrogen-bond acceptors (Lipinski definition) is 4. The maximum atomic E-state index is 12.5. The molecular formula is C16H18N2O3S. The molecule has 0 atom stereocenters. The van der Waals surface area contributed by atoms with Gasteiger partial charge >= 0.3 is 0 Å². The van der Waals surface area contributed by atoms with Crippen molar-refractivity contribution in [2.45, 2.75) is 10.8 Å². The molecule has 0 radical (unpaired) electrons. The largest absolute Gasteiger partial charge is 0.497 e. The lowest BCUT2D eigenvalue weighted by Gasteiger charge is -2.27. The third-order valence-corrected chi connectivity index (χ3v) is 5.12. The minimum absolute atomic E-state index is 0.183. The van der Waals surface area contributed by atoms with Gasteiger partial charge in [-0.15, -0.1) is 0 Å². The molecule has 1 saturated heterocycles.